The Morgan fingerprint density at radius 1 is 1.44 bits per heavy atom. The molecule has 7 nitrogen and oxygen atoms in total. The van der Waals surface area contributed by atoms with Gasteiger partial charge in [-0.05, 0) is 49.6 Å². The van der Waals surface area contributed by atoms with Crippen LogP contribution in [0.1, 0.15) is 35.1 Å². The molecule has 128 valence electrons. The van der Waals surface area contributed by atoms with Crippen LogP contribution >= 0.6 is 0 Å². The number of hydrogen-bond donors (Lipinski definition) is 3. The Kier molecular flexibility index (Phi) is 4.74. The number of pyridine rings is 2. The van der Waals surface area contributed by atoms with E-state index in [1.165, 1.54) is 0 Å². The molecule has 1 amide bonds. The van der Waals surface area contributed by atoms with Gasteiger partial charge >= 0.3 is 0 Å². The molecule has 0 unspecified atom stereocenters. The molecule has 0 aromatic carbocycles. The summed E-state index contributed by atoms with van der Waals surface area (Å²) in [6.07, 6.45) is 8.06. The molecule has 0 aliphatic heterocycles. The average molecular weight is 336 g/mol. The van der Waals surface area contributed by atoms with Crippen LogP contribution in [0.5, 0.6) is 0 Å². The Morgan fingerprint density at radius 2 is 2.28 bits per heavy atom. The summed E-state index contributed by atoms with van der Waals surface area (Å²) < 4.78 is 0. The Hall–Kier alpha value is -3.22. The lowest BCUT2D eigenvalue weighted by molar-refractivity contribution is 0.0931. The second-order valence-electron chi connectivity index (χ2n) is 5.94. The van der Waals surface area contributed by atoms with Crippen LogP contribution in [-0.4, -0.2) is 31.9 Å². The number of hydrogen-bond acceptors (Lipinski definition) is 5. The van der Waals surface area contributed by atoms with E-state index in [4.69, 9.17) is 5.73 Å². The number of carbonyl (C=O) groups is 1. The van der Waals surface area contributed by atoms with Crippen molar-refractivity contribution in [2.24, 2.45) is 0 Å². The number of fused-ring (bicyclic) bond motifs is 1. The van der Waals surface area contributed by atoms with Gasteiger partial charge in [0.2, 0.25) is 0 Å². The van der Waals surface area contributed by atoms with E-state index < -0.39 is 0 Å². The minimum absolute atomic E-state index is 0.0352. The smallest absolute Gasteiger partial charge is 0.287 e. The standard InChI is InChI=1S/C18H20N6O/c1-11-9-15(19)21-10-13(11)6-3-5-12(2)22-18(25)17-23-14-7-4-8-20-16(14)24-17/h3-4,6-10,12H,5H2,1-2H3,(H2,19,21)(H,22,25)(H,20,23,24)/b6-3+/t12-/m0/s1. The number of amides is 1. The van der Waals surface area contributed by atoms with Crippen LogP contribution in [0.2, 0.25) is 0 Å². The third-order valence-corrected chi connectivity index (χ3v) is 3.81. The maximum atomic E-state index is 12.3. The van der Waals surface area contributed by atoms with E-state index in [-0.39, 0.29) is 17.8 Å². The van der Waals surface area contributed by atoms with Gasteiger partial charge in [0, 0.05) is 18.4 Å². The molecular formula is C18H20N6O. The van der Waals surface area contributed by atoms with Crippen LogP contribution in [0.25, 0.3) is 17.2 Å². The van der Waals surface area contributed by atoms with Gasteiger partial charge in [-0.25, -0.2) is 15.0 Å². The SMILES string of the molecule is Cc1cc(N)ncc1/C=C/C[C@H](C)NC(=O)c1nc2ncccc2[nH]1. The third kappa shape index (κ3) is 4.00. The molecule has 0 saturated heterocycles. The molecule has 25 heavy (non-hydrogen) atoms. The minimum atomic E-state index is -0.246. The lowest BCUT2D eigenvalue weighted by Gasteiger charge is -2.10. The number of H-pyrrole nitrogens is 1. The third-order valence-electron chi connectivity index (χ3n) is 3.81. The lowest BCUT2D eigenvalue weighted by atomic mass is 10.1. The van der Waals surface area contributed by atoms with E-state index in [1.807, 2.05) is 38.1 Å². The second-order valence-corrected chi connectivity index (χ2v) is 5.94. The lowest BCUT2D eigenvalue weighted by Crippen LogP contribution is -2.32. The van der Waals surface area contributed by atoms with Crippen LogP contribution in [-0.2, 0) is 0 Å². The maximum absolute atomic E-state index is 12.3. The van der Waals surface area contributed by atoms with Crippen LogP contribution in [0.3, 0.4) is 0 Å². The molecule has 3 aromatic heterocycles. The zero-order valence-corrected chi connectivity index (χ0v) is 14.2. The van der Waals surface area contributed by atoms with Crippen LogP contribution in [0.4, 0.5) is 5.82 Å². The van der Waals surface area contributed by atoms with E-state index in [9.17, 15) is 4.79 Å². The van der Waals surface area contributed by atoms with E-state index >= 15 is 0 Å². The first-order valence-corrected chi connectivity index (χ1v) is 8.03. The molecule has 0 bridgehead atoms. The molecule has 0 spiro atoms. The molecule has 0 saturated carbocycles. The Bertz CT molecular complexity index is 897. The van der Waals surface area contributed by atoms with Gasteiger partial charge in [0.25, 0.3) is 5.91 Å². The molecule has 3 heterocycles. The van der Waals surface area contributed by atoms with Gasteiger partial charge in [-0.15, -0.1) is 0 Å². The second kappa shape index (κ2) is 7.12. The number of nitrogen functional groups attached to an aromatic ring is 1. The van der Waals surface area contributed by atoms with E-state index in [1.54, 1.807) is 18.5 Å². The predicted octanol–water partition coefficient (Wildman–Crippen LogP) is 2.47. The summed E-state index contributed by atoms with van der Waals surface area (Å²) in [5, 5.41) is 2.92. The summed E-state index contributed by atoms with van der Waals surface area (Å²) in [5.74, 6) is 0.531. The number of carbonyl (C=O) groups excluding carboxylic acids is 1. The summed E-state index contributed by atoms with van der Waals surface area (Å²) in [6.45, 7) is 3.93. The number of nitrogens with zero attached hydrogens (tertiary/aromatic N) is 3. The van der Waals surface area contributed by atoms with Crippen molar-refractivity contribution in [3.8, 4) is 0 Å². The summed E-state index contributed by atoms with van der Waals surface area (Å²) >= 11 is 0. The summed E-state index contributed by atoms with van der Waals surface area (Å²) in [7, 11) is 0. The summed E-state index contributed by atoms with van der Waals surface area (Å²) in [5.41, 5.74) is 9.00. The Labute approximate surface area is 145 Å². The monoisotopic (exact) mass is 336 g/mol. The van der Waals surface area contributed by atoms with Crippen molar-refractivity contribution >= 4 is 29.0 Å². The predicted molar refractivity (Wildman–Crippen MR) is 97.9 cm³/mol. The number of aryl methyl sites for hydroxylation is 1. The Balaban J connectivity index is 1.59. The topological polar surface area (TPSA) is 110 Å². The first kappa shape index (κ1) is 16.6. The van der Waals surface area contributed by atoms with Gasteiger partial charge in [0.05, 0.1) is 5.52 Å². The highest BCUT2D eigenvalue weighted by Crippen LogP contribution is 2.12. The summed E-state index contributed by atoms with van der Waals surface area (Å²) in [6, 6.07) is 5.43. The fourth-order valence-corrected chi connectivity index (χ4v) is 2.47. The molecule has 0 fully saturated rings. The molecule has 0 aliphatic carbocycles. The maximum Gasteiger partial charge on any atom is 0.287 e. The fraction of sp³-hybridized carbons (Fsp3) is 0.222. The fourth-order valence-electron chi connectivity index (χ4n) is 2.47. The van der Waals surface area contributed by atoms with Crippen molar-refractivity contribution in [2.45, 2.75) is 26.3 Å². The molecular weight excluding hydrogens is 316 g/mol. The van der Waals surface area contributed by atoms with Crippen LogP contribution < -0.4 is 11.1 Å². The van der Waals surface area contributed by atoms with E-state index in [0.717, 1.165) is 16.6 Å². The number of nitrogens with one attached hydrogen (secondary N) is 2. The van der Waals surface area contributed by atoms with Crippen LogP contribution in [0, 0.1) is 6.92 Å². The quantitative estimate of drug-likeness (QED) is 0.663. The number of nitrogens with two attached hydrogens (primary N) is 1. The first-order chi connectivity index (χ1) is 12.0. The zero-order valence-electron chi connectivity index (χ0n) is 14.2. The highest BCUT2D eigenvalue weighted by atomic mass is 16.2. The molecule has 1 atom stereocenters. The van der Waals surface area contributed by atoms with Crippen molar-refractivity contribution in [3.05, 3.63) is 53.6 Å². The summed E-state index contributed by atoms with van der Waals surface area (Å²) in [4.78, 5) is 27.6. The average Bonchev–Trinajstić information content (AvgIpc) is 3.01. The number of anilines is 1. The van der Waals surface area contributed by atoms with Crippen molar-refractivity contribution in [3.63, 3.8) is 0 Å². The van der Waals surface area contributed by atoms with E-state index in [2.05, 4.69) is 25.3 Å². The van der Waals surface area contributed by atoms with Crippen LogP contribution in [0.15, 0.2) is 36.7 Å². The van der Waals surface area contributed by atoms with Crippen molar-refractivity contribution in [2.75, 3.05) is 5.73 Å². The number of imidazole rings is 1. The Morgan fingerprint density at radius 3 is 3.04 bits per heavy atom. The van der Waals surface area contributed by atoms with Crippen molar-refractivity contribution in [1.82, 2.24) is 25.3 Å². The van der Waals surface area contributed by atoms with Gasteiger partial charge in [-0.1, -0.05) is 12.2 Å². The zero-order chi connectivity index (χ0) is 17.8. The number of rotatable bonds is 5. The largest absolute Gasteiger partial charge is 0.384 e. The van der Waals surface area contributed by atoms with Crippen molar-refractivity contribution in [1.29, 1.82) is 0 Å². The van der Waals surface area contributed by atoms with Gasteiger partial charge in [0.15, 0.2) is 11.5 Å². The van der Waals surface area contributed by atoms with Crippen molar-refractivity contribution < 1.29 is 4.79 Å². The van der Waals surface area contributed by atoms with E-state index in [0.29, 0.717) is 17.9 Å². The van der Waals surface area contributed by atoms with Gasteiger partial charge in [-0.2, -0.15) is 0 Å². The minimum Gasteiger partial charge on any atom is -0.384 e. The number of aromatic nitrogens is 4. The number of aromatic amines is 1. The molecule has 0 aliphatic rings. The highest BCUT2D eigenvalue weighted by molar-refractivity contribution is 5.93. The normalized spacial score (nSPS) is 12.6. The molecule has 3 aromatic rings. The molecule has 4 N–H and O–H groups in total. The first-order valence-electron chi connectivity index (χ1n) is 8.03. The van der Waals surface area contributed by atoms with Gasteiger partial charge in [0.1, 0.15) is 5.82 Å². The molecule has 0 radical (unpaired) electrons. The molecule has 3 rings (SSSR count). The highest BCUT2D eigenvalue weighted by Gasteiger charge is 2.13. The molecule has 7 heteroatoms. The van der Waals surface area contributed by atoms with Gasteiger partial charge < -0.3 is 16.0 Å². The van der Waals surface area contributed by atoms with Gasteiger partial charge in [-0.3, -0.25) is 4.79 Å².